The van der Waals surface area contributed by atoms with Gasteiger partial charge in [0.1, 0.15) is 6.04 Å². The first-order chi connectivity index (χ1) is 14.3. The van der Waals surface area contributed by atoms with Crippen LogP contribution in [0.1, 0.15) is 129 Å². The molecule has 0 spiro atoms. The third-order valence-corrected chi connectivity index (χ3v) is 5.63. The molecule has 0 saturated carbocycles. The van der Waals surface area contributed by atoms with E-state index in [-0.39, 0.29) is 6.04 Å². The molecule has 0 amide bonds. The van der Waals surface area contributed by atoms with Crippen LogP contribution in [0, 0.1) is 0 Å². The van der Waals surface area contributed by atoms with Gasteiger partial charge < -0.3 is 10.2 Å². The zero-order chi connectivity index (χ0) is 23.0. The summed E-state index contributed by atoms with van der Waals surface area (Å²) < 4.78 is 0. The van der Waals surface area contributed by atoms with Crippen molar-refractivity contribution >= 4 is 11.9 Å². The highest BCUT2D eigenvalue weighted by Gasteiger charge is 2.11. The van der Waals surface area contributed by atoms with Crippen LogP contribution in [-0.2, 0) is 9.59 Å². The average molecular weight is 430 g/mol. The van der Waals surface area contributed by atoms with Gasteiger partial charge in [-0.1, -0.05) is 110 Å². The standard InChI is InChI=1S/C20H40O2.C5H11NO2/c1-2-3-4-5-6-7-8-9-10-11-12-13-14-15-16-17-18-19-20(21)22;1-4(5(7)8)6(2)3/h2-19H2,1H3,(H,21,22);4H,1-3H3,(H,7,8). The summed E-state index contributed by atoms with van der Waals surface area (Å²) in [5.74, 6) is -1.43. The molecule has 1 atom stereocenters. The highest BCUT2D eigenvalue weighted by Crippen LogP contribution is 2.14. The van der Waals surface area contributed by atoms with Crippen LogP contribution in [0.25, 0.3) is 0 Å². The lowest BCUT2D eigenvalue weighted by Gasteiger charge is -2.13. The number of carboxylic acid groups (broad SMARTS) is 2. The van der Waals surface area contributed by atoms with Crippen LogP contribution in [-0.4, -0.2) is 47.2 Å². The SMILES string of the molecule is CC(C(=O)O)N(C)C.CCCCCCCCCCCCCCCCCCCC(=O)O. The Hall–Kier alpha value is -1.10. The number of aliphatic carboxylic acids is 2. The van der Waals surface area contributed by atoms with E-state index in [9.17, 15) is 9.59 Å². The largest absolute Gasteiger partial charge is 0.481 e. The molecule has 2 N–H and O–H groups in total. The normalized spacial score (nSPS) is 11.8. The monoisotopic (exact) mass is 429 g/mol. The molecule has 0 rings (SSSR count). The minimum atomic E-state index is -0.782. The van der Waals surface area contributed by atoms with E-state index >= 15 is 0 Å². The van der Waals surface area contributed by atoms with Crippen molar-refractivity contribution in [1.29, 1.82) is 0 Å². The second kappa shape index (κ2) is 24.2. The van der Waals surface area contributed by atoms with Crippen LogP contribution in [0.3, 0.4) is 0 Å². The van der Waals surface area contributed by atoms with Gasteiger partial charge in [-0.15, -0.1) is 0 Å². The highest BCUT2D eigenvalue weighted by atomic mass is 16.4. The molecule has 0 fully saturated rings. The van der Waals surface area contributed by atoms with E-state index in [1.165, 1.54) is 96.3 Å². The molecule has 0 aliphatic heterocycles. The first-order valence-electron chi connectivity index (χ1n) is 12.4. The minimum absolute atomic E-state index is 0.346. The van der Waals surface area contributed by atoms with Crippen molar-refractivity contribution in [3.63, 3.8) is 0 Å². The second-order valence-electron chi connectivity index (χ2n) is 8.78. The maximum absolute atomic E-state index is 10.4. The molecule has 180 valence electrons. The summed E-state index contributed by atoms with van der Waals surface area (Å²) in [5.41, 5.74) is 0. The predicted molar refractivity (Wildman–Crippen MR) is 127 cm³/mol. The van der Waals surface area contributed by atoms with Crippen molar-refractivity contribution in [2.24, 2.45) is 0 Å². The molecule has 1 unspecified atom stereocenters. The molecular formula is C25H51NO4. The van der Waals surface area contributed by atoms with Gasteiger partial charge in [-0.3, -0.25) is 14.5 Å². The fourth-order valence-corrected chi connectivity index (χ4v) is 3.22. The summed E-state index contributed by atoms with van der Waals surface area (Å²) >= 11 is 0. The Kier molecular flexibility index (Phi) is 25.0. The molecule has 0 heterocycles. The van der Waals surface area contributed by atoms with Crippen LogP contribution in [0.2, 0.25) is 0 Å². The summed E-state index contributed by atoms with van der Waals surface area (Å²) in [5, 5.41) is 16.8. The Labute approximate surface area is 186 Å². The topological polar surface area (TPSA) is 77.8 Å². The Bertz CT molecular complexity index is 385. The van der Waals surface area contributed by atoms with E-state index in [0.29, 0.717) is 6.42 Å². The molecule has 0 radical (unpaired) electrons. The average Bonchev–Trinajstić information content (AvgIpc) is 2.69. The first kappa shape index (κ1) is 31.1. The summed E-state index contributed by atoms with van der Waals surface area (Å²) in [6.07, 6.45) is 23.1. The van der Waals surface area contributed by atoms with Gasteiger partial charge in [0.25, 0.3) is 0 Å². The number of carboxylic acids is 2. The van der Waals surface area contributed by atoms with Crippen LogP contribution in [0.4, 0.5) is 0 Å². The van der Waals surface area contributed by atoms with Crippen molar-refractivity contribution in [2.75, 3.05) is 14.1 Å². The van der Waals surface area contributed by atoms with Gasteiger partial charge in [0, 0.05) is 6.42 Å². The van der Waals surface area contributed by atoms with E-state index in [0.717, 1.165) is 12.8 Å². The van der Waals surface area contributed by atoms with E-state index in [2.05, 4.69) is 6.92 Å². The third-order valence-electron chi connectivity index (χ3n) is 5.63. The second-order valence-corrected chi connectivity index (χ2v) is 8.78. The maximum atomic E-state index is 10.4. The van der Waals surface area contributed by atoms with E-state index < -0.39 is 11.9 Å². The van der Waals surface area contributed by atoms with Crippen LogP contribution < -0.4 is 0 Å². The molecule has 0 aromatic heterocycles. The molecule has 5 heteroatoms. The van der Waals surface area contributed by atoms with Crippen molar-refractivity contribution in [3.8, 4) is 0 Å². The zero-order valence-electron chi connectivity index (χ0n) is 20.5. The van der Waals surface area contributed by atoms with Gasteiger partial charge in [0.2, 0.25) is 0 Å². The number of carbonyl (C=O) groups is 2. The quantitative estimate of drug-likeness (QED) is 0.201. The van der Waals surface area contributed by atoms with E-state index in [1.807, 2.05) is 0 Å². The lowest BCUT2D eigenvalue weighted by Crippen LogP contribution is -2.32. The number of unbranched alkanes of at least 4 members (excludes halogenated alkanes) is 16. The lowest BCUT2D eigenvalue weighted by molar-refractivity contribution is -0.141. The smallest absolute Gasteiger partial charge is 0.320 e. The van der Waals surface area contributed by atoms with Gasteiger partial charge >= 0.3 is 11.9 Å². The summed E-state index contributed by atoms with van der Waals surface area (Å²) in [6, 6.07) is -0.380. The van der Waals surface area contributed by atoms with Gasteiger partial charge in [-0.25, -0.2) is 0 Å². The molecule has 0 aliphatic rings. The molecule has 0 saturated heterocycles. The molecule has 30 heavy (non-hydrogen) atoms. The Morgan fingerprint density at radius 2 is 0.933 bits per heavy atom. The van der Waals surface area contributed by atoms with Crippen molar-refractivity contribution < 1.29 is 19.8 Å². The van der Waals surface area contributed by atoms with E-state index in [4.69, 9.17) is 10.2 Å². The predicted octanol–water partition coefficient (Wildman–Crippen LogP) is 7.13. The minimum Gasteiger partial charge on any atom is -0.481 e. The number of nitrogens with zero attached hydrogens (tertiary/aromatic N) is 1. The number of likely N-dealkylation sites (N-methyl/N-ethyl adjacent to an activating group) is 1. The van der Waals surface area contributed by atoms with Gasteiger partial charge in [-0.05, 0) is 27.4 Å². The van der Waals surface area contributed by atoms with Crippen LogP contribution in [0.5, 0.6) is 0 Å². The fourth-order valence-electron chi connectivity index (χ4n) is 3.22. The maximum Gasteiger partial charge on any atom is 0.320 e. The lowest BCUT2D eigenvalue weighted by atomic mass is 10.0. The number of hydrogen-bond donors (Lipinski definition) is 2. The van der Waals surface area contributed by atoms with Crippen molar-refractivity contribution in [1.82, 2.24) is 4.90 Å². The first-order valence-corrected chi connectivity index (χ1v) is 12.4. The van der Waals surface area contributed by atoms with E-state index in [1.54, 1.807) is 25.9 Å². The van der Waals surface area contributed by atoms with Crippen molar-refractivity contribution in [2.45, 2.75) is 135 Å². The fraction of sp³-hybridized carbons (Fsp3) is 0.920. The van der Waals surface area contributed by atoms with Gasteiger partial charge in [0.05, 0.1) is 0 Å². The Morgan fingerprint density at radius 3 is 1.13 bits per heavy atom. The molecular weight excluding hydrogens is 378 g/mol. The molecule has 5 nitrogen and oxygen atoms in total. The van der Waals surface area contributed by atoms with Gasteiger partial charge in [-0.2, -0.15) is 0 Å². The highest BCUT2D eigenvalue weighted by molar-refractivity contribution is 5.72. The molecule has 0 aromatic carbocycles. The zero-order valence-corrected chi connectivity index (χ0v) is 20.5. The van der Waals surface area contributed by atoms with Gasteiger partial charge in [0.15, 0.2) is 0 Å². The van der Waals surface area contributed by atoms with Crippen molar-refractivity contribution in [3.05, 3.63) is 0 Å². The van der Waals surface area contributed by atoms with Crippen LogP contribution >= 0.6 is 0 Å². The number of hydrogen-bond acceptors (Lipinski definition) is 3. The summed E-state index contributed by atoms with van der Waals surface area (Å²) in [7, 11) is 3.47. The molecule has 0 bridgehead atoms. The Morgan fingerprint density at radius 1 is 0.633 bits per heavy atom. The summed E-state index contributed by atoms with van der Waals surface area (Å²) in [4.78, 5) is 22.1. The summed E-state index contributed by atoms with van der Waals surface area (Å²) in [6.45, 7) is 3.92. The Balaban J connectivity index is 0. The number of rotatable bonds is 20. The third kappa shape index (κ3) is 26.9. The molecule has 0 aliphatic carbocycles. The molecule has 0 aromatic rings. The van der Waals surface area contributed by atoms with Crippen LogP contribution in [0.15, 0.2) is 0 Å².